The third kappa shape index (κ3) is 3.78. The number of fused-ring (bicyclic) bond motifs is 1. The van der Waals surface area contributed by atoms with Crippen molar-refractivity contribution in [3.8, 4) is 0 Å². The van der Waals surface area contributed by atoms with Gasteiger partial charge in [-0.2, -0.15) is 4.31 Å². The van der Waals surface area contributed by atoms with Crippen LogP contribution in [0, 0.1) is 5.92 Å². The Labute approximate surface area is 164 Å². The summed E-state index contributed by atoms with van der Waals surface area (Å²) >= 11 is 0. The normalized spacial score (nSPS) is 19.3. The van der Waals surface area contributed by atoms with Crippen molar-refractivity contribution in [1.29, 1.82) is 0 Å². The summed E-state index contributed by atoms with van der Waals surface area (Å²) in [4.78, 5) is 16.6. The highest BCUT2D eigenvalue weighted by atomic mass is 32.2. The Morgan fingerprint density at radius 3 is 2.64 bits per heavy atom. The Bertz CT molecular complexity index is 1010. The van der Waals surface area contributed by atoms with Gasteiger partial charge in [-0.25, -0.2) is 13.4 Å². The van der Waals surface area contributed by atoms with E-state index >= 15 is 0 Å². The molecule has 2 aromatic heterocycles. The largest absolute Gasteiger partial charge is 0.381 e. The van der Waals surface area contributed by atoms with Crippen LogP contribution in [0.1, 0.15) is 24.1 Å². The summed E-state index contributed by atoms with van der Waals surface area (Å²) in [5, 5.41) is 0.0700. The lowest BCUT2D eigenvalue weighted by atomic mass is 9.99. The molecule has 0 amide bonds. The van der Waals surface area contributed by atoms with Crippen molar-refractivity contribution < 1.29 is 13.2 Å². The van der Waals surface area contributed by atoms with Crippen molar-refractivity contribution in [3.05, 3.63) is 46.3 Å². The molecule has 0 saturated carbocycles. The van der Waals surface area contributed by atoms with Crippen molar-refractivity contribution >= 4 is 10.0 Å². The van der Waals surface area contributed by atoms with E-state index in [0.29, 0.717) is 38.4 Å². The zero-order valence-electron chi connectivity index (χ0n) is 16.1. The highest BCUT2D eigenvalue weighted by molar-refractivity contribution is 7.89. The second-order valence-corrected chi connectivity index (χ2v) is 9.48. The monoisotopic (exact) mass is 406 g/mol. The number of aryl methyl sites for hydroxylation is 1. The van der Waals surface area contributed by atoms with Gasteiger partial charge in [0.25, 0.3) is 15.6 Å². The molecule has 0 spiro atoms. The van der Waals surface area contributed by atoms with Crippen LogP contribution < -0.4 is 5.56 Å². The minimum Gasteiger partial charge on any atom is -0.381 e. The Hall–Kier alpha value is -1.97. The van der Waals surface area contributed by atoms with Gasteiger partial charge in [-0.15, -0.1) is 0 Å². The molecule has 0 aromatic carbocycles. The quantitative estimate of drug-likeness (QED) is 0.750. The van der Waals surface area contributed by atoms with Crippen LogP contribution in [0.25, 0.3) is 0 Å². The molecule has 4 heterocycles. The average molecular weight is 407 g/mol. The molecule has 2 aliphatic rings. The van der Waals surface area contributed by atoms with Gasteiger partial charge >= 0.3 is 0 Å². The molecule has 152 valence electrons. The van der Waals surface area contributed by atoms with Crippen molar-refractivity contribution in [2.45, 2.75) is 37.3 Å². The van der Waals surface area contributed by atoms with E-state index in [1.165, 1.54) is 16.8 Å². The Morgan fingerprint density at radius 2 is 1.93 bits per heavy atom. The molecule has 0 bridgehead atoms. The molecule has 0 atom stereocenters. The molecule has 0 aliphatic carbocycles. The van der Waals surface area contributed by atoms with Crippen molar-refractivity contribution in [2.75, 3.05) is 26.3 Å². The summed E-state index contributed by atoms with van der Waals surface area (Å²) in [5.41, 5.74) is 2.02. The number of rotatable bonds is 4. The fourth-order valence-corrected chi connectivity index (χ4v) is 5.46. The van der Waals surface area contributed by atoms with E-state index in [1.54, 1.807) is 17.7 Å². The summed E-state index contributed by atoms with van der Waals surface area (Å²) in [6, 6.07) is 3.47. The number of pyridine rings is 1. The molecule has 8 nitrogen and oxygen atoms in total. The number of ether oxygens (including phenoxy) is 1. The lowest BCUT2D eigenvalue weighted by Crippen LogP contribution is -2.34. The van der Waals surface area contributed by atoms with Gasteiger partial charge in [-0.05, 0) is 30.7 Å². The van der Waals surface area contributed by atoms with Gasteiger partial charge in [0.05, 0.1) is 6.33 Å². The number of nitrogens with zero attached hydrogens (tertiary/aromatic N) is 4. The summed E-state index contributed by atoms with van der Waals surface area (Å²) in [5.74, 6) is 0.426. The molecule has 1 saturated heterocycles. The van der Waals surface area contributed by atoms with E-state index in [-0.39, 0.29) is 10.6 Å². The van der Waals surface area contributed by atoms with Crippen LogP contribution in [-0.2, 0) is 41.2 Å². The predicted molar refractivity (Wildman–Crippen MR) is 104 cm³/mol. The molecule has 1 fully saturated rings. The smallest absolute Gasteiger partial charge is 0.262 e. The van der Waals surface area contributed by atoms with Crippen LogP contribution in [-0.4, -0.2) is 53.1 Å². The van der Waals surface area contributed by atoms with Gasteiger partial charge in [0, 0.05) is 64.3 Å². The second-order valence-electron chi connectivity index (χ2n) is 7.59. The first kappa shape index (κ1) is 19.4. The second kappa shape index (κ2) is 7.81. The van der Waals surface area contributed by atoms with E-state index in [1.807, 2.05) is 10.6 Å². The van der Waals surface area contributed by atoms with Gasteiger partial charge in [-0.1, -0.05) is 6.07 Å². The molecule has 28 heavy (non-hydrogen) atoms. The van der Waals surface area contributed by atoms with Gasteiger partial charge < -0.3 is 13.9 Å². The summed E-state index contributed by atoms with van der Waals surface area (Å²) in [6.45, 7) is 2.90. The molecule has 2 aliphatic heterocycles. The maximum atomic E-state index is 12.9. The van der Waals surface area contributed by atoms with E-state index < -0.39 is 10.0 Å². The number of hydrogen-bond donors (Lipinski definition) is 0. The molecule has 0 N–H and O–H groups in total. The van der Waals surface area contributed by atoms with E-state index in [2.05, 4.69) is 4.98 Å². The van der Waals surface area contributed by atoms with E-state index in [4.69, 9.17) is 4.74 Å². The molecule has 0 unspecified atom stereocenters. The minimum absolute atomic E-state index is 0.00808. The van der Waals surface area contributed by atoms with E-state index in [0.717, 1.165) is 37.3 Å². The van der Waals surface area contributed by atoms with Gasteiger partial charge in [-0.3, -0.25) is 4.79 Å². The first-order valence-electron chi connectivity index (χ1n) is 9.72. The summed E-state index contributed by atoms with van der Waals surface area (Å²) in [7, 11) is -1.89. The van der Waals surface area contributed by atoms with Gasteiger partial charge in [0.2, 0.25) is 0 Å². The summed E-state index contributed by atoms with van der Waals surface area (Å²) < 4.78 is 36.3. The van der Waals surface area contributed by atoms with Crippen LogP contribution in [0.15, 0.2) is 34.5 Å². The predicted octanol–water partition coefficient (Wildman–Crippen LogP) is 0.798. The molecule has 9 heteroatoms. The summed E-state index contributed by atoms with van der Waals surface area (Å²) in [6.07, 6.45) is 6.04. The third-order valence-electron chi connectivity index (χ3n) is 5.69. The molecule has 4 rings (SSSR count). The molecular weight excluding hydrogens is 380 g/mol. The number of hydrogen-bond acceptors (Lipinski definition) is 5. The van der Waals surface area contributed by atoms with Gasteiger partial charge in [0.15, 0.2) is 5.03 Å². The highest BCUT2D eigenvalue weighted by Gasteiger charge is 2.29. The number of aromatic nitrogens is 3. The fraction of sp³-hybridized carbons (Fsp3) is 0.579. The number of imidazole rings is 1. The maximum Gasteiger partial charge on any atom is 0.262 e. The zero-order valence-corrected chi connectivity index (χ0v) is 16.9. The Balaban J connectivity index is 1.58. The van der Waals surface area contributed by atoms with Gasteiger partial charge in [0.1, 0.15) is 0 Å². The van der Waals surface area contributed by atoms with Crippen molar-refractivity contribution in [2.24, 2.45) is 13.0 Å². The van der Waals surface area contributed by atoms with Crippen LogP contribution in [0.3, 0.4) is 0 Å². The topological polar surface area (TPSA) is 86.4 Å². The Morgan fingerprint density at radius 1 is 1.18 bits per heavy atom. The average Bonchev–Trinajstić information content (AvgIpc) is 3.01. The van der Waals surface area contributed by atoms with Crippen molar-refractivity contribution in [1.82, 2.24) is 18.4 Å². The number of sulfonamides is 1. The van der Waals surface area contributed by atoms with E-state index in [9.17, 15) is 13.2 Å². The van der Waals surface area contributed by atoms with Crippen molar-refractivity contribution in [3.63, 3.8) is 0 Å². The highest BCUT2D eigenvalue weighted by Crippen LogP contribution is 2.22. The Kier molecular flexibility index (Phi) is 5.39. The fourth-order valence-electron chi connectivity index (χ4n) is 4.06. The molecule has 2 aromatic rings. The minimum atomic E-state index is -3.63. The molecule has 0 radical (unpaired) electrons. The lowest BCUT2D eigenvalue weighted by Gasteiger charge is -2.25. The first-order chi connectivity index (χ1) is 13.4. The lowest BCUT2D eigenvalue weighted by molar-refractivity contribution is 0.0607. The van der Waals surface area contributed by atoms with Crippen LogP contribution >= 0.6 is 0 Å². The van der Waals surface area contributed by atoms with Crippen LogP contribution in [0.5, 0.6) is 0 Å². The third-order valence-corrected chi connectivity index (χ3v) is 7.47. The van der Waals surface area contributed by atoms with Crippen LogP contribution in [0.4, 0.5) is 0 Å². The standard InChI is InChI=1S/C19H26N4O4S/c1-21-13-18(20-14-21)28(25,26)22-8-4-16-2-3-19(24)23(17(16)5-9-22)12-15-6-10-27-11-7-15/h2-3,13-15H,4-12H2,1H3. The molecular formula is C19H26N4O4S. The SMILES string of the molecule is Cn1cnc(S(=O)(=O)N2CCc3ccc(=O)n(CC4CCOCC4)c3CC2)c1. The van der Waals surface area contributed by atoms with Crippen LogP contribution in [0.2, 0.25) is 0 Å². The maximum absolute atomic E-state index is 12.9. The zero-order chi connectivity index (χ0) is 19.7. The first-order valence-corrected chi connectivity index (χ1v) is 11.2.